The maximum absolute atomic E-state index is 13.1. The van der Waals surface area contributed by atoms with Crippen molar-refractivity contribution in [2.24, 2.45) is 0 Å². The molecule has 1 fully saturated rings. The SMILES string of the molecule is O=C(Nc1nnc(-c2cccc(Cl)c2)s1)C1CCCN1C(=O)c1ccc(F)cc1. The minimum Gasteiger partial charge on any atom is -0.327 e. The molecule has 1 atom stereocenters. The van der Waals surface area contributed by atoms with Gasteiger partial charge in [0.2, 0.25) is 11.0 Å². The third-order valence-electron chi connectivity index (χ3n) is 4.63. The second-order valence-corrected chi connectivity index (χ2v) is 7.99. The lowest BCUT2D eigenvalue weighted by Crippen LogP contribution is -2.43. The molecular weight excluding hydrogens is 415 g/mol. The van der Waals surface area contributed by atoms with E-state index in [1.807, 2.05) is 12.1 Å². The summed E-state index contributed by atoms with van der Waals surface area (Å²) in [6, 6.07) is 11.9. The number of anilines is 1. The number of amides is 2. The van der Waals surface area contributed by atoms with Gasteiger partial charge in [-0.25, -0.2) is 4.39 Å². The first-order valence-electron chi connectivity index (χ1n) is 8.98. The van der Waals surface area contributed by atoms with Crippen molar-refractivity contribution in [2.75, 3.05) is 11.9 Å². The molecule has 0 radical (unpaired) electrons. The summed E-state index contributed by atoms with van der Waals surface area (Å²) in [6.45, 7) is 0.470. The van der Waals surface area contributed by atoms with Gasteiger partial charge in [-0.2, -0.15) is 0 Å². The molecule has 2 aromatic carbocycles. The molecule has 1 aliphatic heterocycles. The number of hydrogen-bond acceptors (Lipinski definition) is 5. The van der Waals surface area contributed by atoms with Crippen molar-refractivity contribution in [1.29, 1.82) is 0 Å². The first-order valence-corrected chi connectivity index (χ1v) is 10.2. The lowest BCUT2D eigenvalue weighted by Gasteiger charge is -2.23. The summed E-state index contributed by atoms with van der Waals surface area (Å²) < 4.78 is 13.1. The Hall–Kier alpha value is -2.84. The minimum absolute atomic E-state index is 0.292. The first kappa shape index (κ1) is 19.5. The van der Waals surface area contributed by atoms with E-state index in [9.17, 15) is 14.0 Å². The molecule has 0 aliphatic carbocycles. The van der Waals surface area contributed by atoms with Crippen LogP contribution in [-0.4, -0.2) is 39.5 Å². The standard InChI is InChI=1S/C20H16ClFN4O2S/c21-14-4-1-3-13(11-14)18-24-25-20(29-18)23-17(27)16-5-2-10-26(16)19(28)12-6-8-15(22)9-7-12/h1,3-4,6-9,11,16H,2,5,10H2,(H,23,25,27). The monoisotopic (exact) mass is 430 g/mol. The Morgan fingerprint density at radius 1 is 1.17 bits per heavy atom. The predicted octanol–water partition coefficient (Wildman–Crippen LogP) is 4.24. The van der Waals surface area contributed by atoms with Crippen LogP contribution in [0.5, 0.6) is 0 Å². The molecular formula is C20H16ClFN4O2S. The van der Waals surface area contributed by atoms with Gasteiger partial charge < -0.3 is 4.90 Å². The van der Waals surface area contributed by atoms with Crippen molar-refractivity contribution in [2.45, 2.75) is 18.9 Å². The first-order chi connectivity index (χ1) is 14.0. The molecule has 3 aromatic rings. The molecule has 29 heavy (non-hydrogen) atoms. The van der Waals surface area contributed by atoms with E-state index in [-0.39, 0.29) is 11.8 Å². The fraction of sp³-hybridized carbons (Fsp3) is 0.200. The second kappa shape index (κ2) is 8.26. The van der Waals surface area contributed by atoms with Crippen molar-refractivity contribution in [3.05, 3.63) is 64.9 Å². The number of carbonyl (C=O) groups excluding carboxylic acids is 2. The maximum atomic E-state index is 13.1. The molecule has 1 aromatic heterocycles. The highest BCUT2D eigenvalue weighted by atomic mass is 35.5. The number of aromatic nitrogens is 2. The maximum Gasteiger partial charge on any atom is 0.254 e. The Morgan fingerprint density at radius 2 is 1.97 bits per heavy atom. The van der Waals surface area contributed by atoms with Gasteiger partial charge in [0, 0.05) is 22.7 Å². The van der Waals surface area contributed by atoms with Gasteiger partial charge in [0.15, 0.2) is 0 Å². The molecule has 0 bridgehead atoms. The Balaban J connectivity index is 1.46. The molecule has 4 rings (SSSR count). The van der Waals surface area contributed by atoms with Gasteiger partial charge in [0.05, 0.1) is 0 Å². The normalized spacial score (nSPS) is 16.1. The minimum atomic E-state index is -0.605. The fourth-order valence-corrected chi connectivity index (χ4v) is 4.17. The van der Waals surface area contributed by atoms with Crippen LogP contribution in [0.15, 0.2) is 48.5 Å². The van der Waals surface area contributed by atoms with E-state index < -0.39 is 11.9 Å². The average Bonchev–Trinajstić information content (AvgIpc) is 3.38. The molecule has 2 heterocycles. The zero-order valence-corrected chi connectivity index (χ0v) is 16.7. The van der Waals surface area contributed by atoms with Crippen LogP contribution in [0.2, 0.25) is 5.02 Å². The van der Waals surface area contributed by atoms with Gasteiger partial charge in [-0.05, 0) is 49.2 Å². The molecule has 1 saturated heterocycles. The van der Waals surface area contributed by atoms with Crippen molar-refractivity contribution in [3.8, 4) is 10.6 Å². The van der Waals surface area contributed by atoms with Crippen LogP contribution in [0.4, 0.5) is 9.52 Å². The predicted molar refractivity (Wildman–Crippen MR) is 109 cm³/mol. The molecule has 1 aliphatic rings. The number of rotatable bonds is 4. The smallest absolute Gasteiger partial charge is 0.254 e. The van der Waals surface area contributed by atoms with Crippen LogP contribution < -0.4 is 5.32 Å². The Bertz CT molecular complexity index is 1060. The van der Waals surface area contributed by atoms with Gasteiger partial charge in [-0.3, -0.25) is 14.9 Å². The molecule has 2 amide bonds. The Morgan fingerprint density at radius 3 is 2.72 bits per heavy atom. The van der Waals surface area contributed by atoms with E-state index in [0.29, 0.717) is 33.7 Å². The highest BCUT2D eigenvalue weighted by molar-refractivity contribution is 7.18. The van der Waals surface area contributed by atoms with Crippen LogP contribution in [-0.2, 0) is 4.79 Å². The molecule has 148 valence electrons. The molecule has 0 saturated carbocycles. The van der Waals surface area contributed by atoms with Gasteiger partial charge in [0.25, 0.3) is 5.91 Å². The number of carbonyl (C=O) groups is 2. The molecule has 9 heteroatoms. The third-order valence-corrected chi connectivity index (χ3v) is 5.76. The van der Waals surface area contributed by atoms with E-state index in [1.165, 1.54) is 40.5 Å². The van der Waals surface area contributed by atoms with Gasteiger partial charge in [-0.15, -0.1) is 10.2 Å². The Labute approximate surface area is 175 Å². The molecule has 6 nitrogen and oxygen atoms in total. The number of likely N-dealkylation sites (tertiary alicyclic amines) is 1. The van der Waals surface area contributed by atoms with Crippen molar-refractivity contribution in [3.63, 3.8) is 0 Å². The largest absolute Gasteiger partial charge is 0.327 e. The van der Waals surface area contributed by atoms with Gasteiger partial charge in [-0.1, -0.05) is 35.1 Å². The summed E-state index contributed by atoms with van der Waals surface area (Å²) in [5.41, 5.74) is 1.16. The third kappa shape index (κ3) is 4.28. The summed E-state index contributed by atoms with van der Waals surface area (Å²) in [5, 5.41) is 12.4. The fourth-order valence-electron chi connectivity index (χ4n) is 3.24. The van der Waals surface area contributed by atoms with E-state index in [0.717, 1.165) is 12.0 Å². The lowest BCUT2D eigenvalue weighted by atomic mass is 10.1. The lowest BCUT2D eigenvalue weighted by molar-refractivity contribution is -0.119. The van der Waals surface area contributed by atoms with Crippen LogP contribution in [0.3, 0.4) is 0 Å². The topological polar surface area (TPSA) is 75.2 Å². The molecule has 1 N–H and O–H groups in total. The Kier molecular flexibility index (Phi) is 5.55. The summed E-state index contributed by atoms with van der Waals surface area (Å²) >= 11 is 7.24. The van der Waals surface area contributed by atoms with Crippen molar-refractivity contribution < 1.29 is 14.0 Å². The number of benzene rings is 2. The second-order valence-electron chi connectivity index (χ2n) is 6.58. The van der Waals surface area contributed by atoms with Gasteiger partial charge in [0.1, 0.15) is 16.9 Å². The quantitative estimate of drug-likeness (QED) is 0.671. The summed E-state index contributed by atoms with van der Waals surface area (Å²) in [6.07, 6.45) is 1.27. The highest BCUT2D eigenvalue weighted by Gasteiger charge is 2.35. The highest BCUT2D eigenvalue weighted by Crippen LogP contribution is 2.29. The summed E-state index contributed by atoms with van der Waals surface area (Å²) in [7, 11) is 0. The van der Waals surface area contributed by atoms with Crippen LogP contribution in [0.1, 0.15) is 23.2 Å². The average molecular weight is 431 g/mol. The van der Waals surface area contributed by atoms with Crippen LogP contribution in [0, 0.1) is 5.82 Å². The van der Waals surface area contributed by atoms with Crippen LogP contribution in [0.25, 0.3) is 10.6 Å². The van der Waals surface area contributed by atoms with E-state index in [1.54, 1.807) is 12.1 Å². The van der Waals surface area contributed by atoms with Crippen molar-refractivity contribution in [1.82, 2.24) is 15.1 Å². The van der Waals surface area contributed by atoms with Gasteiger partial charge >= 0.3 is 0 Å². The zero-order valence-electron chi connectivity index (χ0n) is 15.1. The molecule has 1 unspecified atom stereocenters. The number of nitrogens with one attached hydrogen (secondary N) is 1. The summed E-state index contributed by atoms with van der Waals surface area (Å²) in [4.78, 5) is 27.0. The number of halogens is 2. The number of hydrogen-bond donors (Lipinski definition) is 1. The van der Waals surface area contributed by atoms with Crippen molar-refractivity contribution >= 4 is 39.9 Å². The van der Waals surface area contributed by atoms with E-state index in [4.69, 9.17) is 11.6 Å². The summed E-state index contributed by atoms with van der Waals surface area (Å²) in [5.74, 6) is -1.02. The van der Waals surface area contributed by atoms with Crippen LogP contribution >= 0.6 is 22.9 Å². The van der Waals surface area contributed by atoms with E-state index >= 15 is 0 Å². The zero-order chi connectivity index (χ0) is 20.4. The van der Waals surface area contributed by atoms with E-state index in [2.05, 4.69) is 15.5 Å². The molecule has 0 spiro atoms. The number of nitrogens with zero attached hydrogens (tertiary/aromatic N) is 3.